The van der Waals surface area contributed by atoms with Gasteiger partial charge in [0, 0.05) is 30.5 Å². The number of anilines is 1. The second-order valence-corrected chi connectivity index (χ2v) is 6.00. The van der Waals surface area contributed by atoms with Crippen molar-refractivity contribution >= 4 is 28.5 Å². The van der Waals surface area contributed by atoms with E-state index in [1.807, 2.05) is 0 Å². The number of carbonyl (C=O) groups is 2. The Morgan fingerprint density at radius 2 is 2.04 bits per heavy atom. The standard InChI is InChI=1S/C16H18FN3O3S/c1-2-23-16(22)18-8-7-14(21)20-15-19-10-13(24-15)9-11-3-5-12(17)6-4-11/h3-6,10H,2,7-9H2,1H3,(H,18,22)(H,19,20,21). The number of thiazole rings is 1. The van der Waals surface area contributed by atoms with Gasteiger partial charge >= 0.3 is 6.09 Å². The van der Waals surface area contributed by atoms with E-state index < -0.39 is 6.09 Å². The third kappa shape index (κ3) is 5.96. The summed E-state index contributed by atoms with van der Waals surface area (Å²) in [7, 11) is 0. The Balaban J connectivity index is 1.77. The van der Waals surface area contributed by atoms with Crippen molar-refractivity contribution in [3.8, 4) is 0 Å². The molecule has 1 aromatic heterocycles. The number of ether oxygens (including phenoxy) is 1. The van der Waals surface area contributed by atoms with Crippen LogP contribution < -0.4 is 10.6 Å². The molecule has 128 valence electrons. The number of hydrogen-bond acceptors (Lipinski definition) is 5. The van der Waals surface area contributed by atoms with Crippen molar-refractivity contribution in [3.05, 3.63) is 46.7 Å². The molecule has 0 saturated carbocycles. The lowest BCUT2D eigenvalue weighted by Crippen LogP contribution is -2.28. The van der Waals surface area contributed by atoms with Crippen molar-refractivity contribution in [1.82, 2.24) is 10.3 Å². The van der Waals surface area contributed by atoms with Crippen LogP contribution in [0, 0.1) is 5.82 Å². The fourth-order valence-electron chi connectivity index (χ4n) is 1.89. The summed E-state index contributed by atoms with van der Waals surface area (Å²) in [5, 5.41) is 5.65. The molecule has 2 amide bonds. The molecule has 2 aromatic rings. The average Bonchev–Trinajstić information content (AvgIpc) is 2.97. The van der Waals surface area contributed by atoms with Gasteiger partial charge in [-0.1, -0.05) is 12.1 Å². The van der Waals surface area contributed by atoms with Crippen LogP contribution in [0.3, 0.4) is 0 Å². The van der Waals surface area contributed by atoms with Crippen LogP contribution in [-0.2, 0) is 16.0 Å². The van der Waals surface area contributed by atoms with Crippen LogP contribution in [0.4, 0.5) is 14.3 Å². The third-order valence-electron chi connectivity index (χ3n) is 2.99. The Kier molecular flexibility index (Phi) is 6.68. The number of rotatable bonds is 7. The number of carbonyl (C=O) groups excluding carboxylic acids is 2. The van der Waals surface area contributed by atoms with Crippen molar-refractivity contribution in [1.29, 1.82) is 0 Å². The monoisotopic (exact) mass is 351 g/mol. The van der Waals surface area contributed by atoms with E-state index >= 15 is 0 Å². The number of nitrogens with zero attached hydrogens (tertiary/aromatic N) is 1. The van der Waals surface area contributed by atoms with Gasteiger partial charge in [0.2, 0.25) is 5.91 Å². The molecule has 1 heterocycles. The molecule has 0 atom stereocenters. The van der Waals surface area contributed by atoms with Crippen molar-refractivity contribution in [2.45, 2.75) is 19.8 Å². The van der Waals surface area contributed by atoms with Crippen LogP contribution in [0.5, 0.6) is 0 Å². The highest BCUT2D eigenvalue weighted by molar-refractivity contribution is 7.15. The number of nitrogens with one attached hydrogen (secondary N) is 2. The zero-order chi connectivity index (χ0) is 17.4. The molecule has 0 saturated heterocycles. The number of aromatic nitrogens is 1. The van der Waals surface area contributed by atoms with Crippen molar-refractivity contribution < 1.29 is 18.7 Å². The summed E-state index contributed by atoms with van der Waals surface area (Å²) in [6.07, 6.45) is 1.89. The van der Waals surface area contributed by atoms with Gasteiger partial charge in [-0.15, -0.1) is 11.3 Å². The zero-order valence-corrected chi connectivity index (χ0v) is 14.0. The molecule has 8 heteroatoms. The molecule has 2 N–H and O–H groups in total. The van der Waals surface area contributed by atoms with Crippen LogP contribution in [-0.4, -0.2) is 30.1 Å². The van der Waals surface area contributed by atoms with Gasteiger partial charge in [-0.25, -0.2) is 14.2 Å². The lowest BCUT2D eigenvalue weighted by atomic mass is 10.1. The van der Waals surface area contributed by atoms with Crippen molar-refractivity contribution in [2.24, 2.45) is 0 Å². The SMILES string of the molecule is CCOC(=O)NCCC(=O)Nc1ncc(Cc2ccc(F)cc2)s1. The second-order valence-electron chi connectivity index (χ2n) is 4.88. The van der Waals surface area contributed by atoms with E-state index in [0.29, 0.717) is 11.6 Å². The lowest BCUT2D eigenvalue weighted by Gasteiger charge is -2.04. The Hall–Kier alpha value is -2.48. The molecule has 0 aliphatic heterocycles. The van der Waals surface area contributed by atoms with Crippen LogP contribution in [0.1, 0.15) is 23.8 Å². The highest BCUT2D eigenvalue weighted by Crippen LogP contribution is 2.21. The summed E-state index contributed by atoms with van der Waals surface area (Å²) >= 11 is 1.36. The van der Waals surface area contributed by atoms with Gasteiger partial charge in [0.05, 0.1) is 6.61 Å². The van der Waals surface area contributed by atoms with Gasteiger partial charge in [0.15, 0.2) is 5.13 Å². The molecule has 0 aliphatic rings. The van der Waals surface area contributed by atoms with Gasteiger partial charge < -0.3 is 15.4 Å². The maximum Gasteiger partial charge on any atom is 0.407 e. The fourth-order valence-corrected chi connectivity index (χ4v) is 2.76. The summed E-state index contributed by atoms with van der Waals surface area (Å²) in [4.78, 5) is 28.0. The first-order chi connectivity index (χ1) is 11.6. The van der Waals surface area contributed by atoms with Crippen LogP contribution in [0.2, 0.25) is 0 Å². The normalized spacial score (nSPS) is 10.2. The lowest BCUT2D eigenvalue weighted by molar-refractivity contribution is -0.116. The molecular formula is C16H18FN3O3S. The first-order valence-electron chi connectivity index (χ1n) is 7.46. The predicted molar refractivity (Wildman–Crippen MR) is 89.6 cm³/mol. The minimum Gasteiger partial charge on any atom is -0.450 e. The Bertz CT molecular complexity index is 688. The summed E-state index contributed by atoms with van der Waals surface area (Å²) in [5.74, 6) is -0.512. The topological polar surface area (TPSA) is 80.3 Å². The molecule has 0 radical (unpaired) electrons. The Morgan fingerprint density at radius 1 is 1.29 bits per heavy atom. The van der Waals surface area contributed by atoms with E-state index in [1.165, 1.54) is 23.5 Å². The predicted octanol–water partition coefficient (Wildman–Crippen LogP) is 2.95. The minimum atomic E-state index is -0.541. The van der Waals surface area contributed by atoms with E-state index in [2.05, 4.69) is 15.6 Å². The summed E-state index contributed by atoms with van der Waals surface area (Å²) in [6, 6.07) is 6.26. The third-order valence-corrected chi connectivity index (χ3v) is 3.90. The zero-order valence-electron chi connectivity index (χ0n) is 13.2. The maximum atomic E-state index is 12.9. The van der Waals surface area contributed by atoms with Gasteiger partial charge in [0.1, 0.15) is 5.82 Å². The molecular weight excluding hydrogens is 333 g/mol. The molecule has 0 aliphatic carbocycles. The molecule has 0 unspecified atom stereocenters. The van der Waals surface area contributed by atoms with Gasteiger partial charge in [-0.2, -0.15) is 0 Å². The minimum absolute atomic E-state index is 0.131. The van der Waals surface area contributed by atoms with E-state index in [1.54, 1.807) is 25.3 Å². The van der Waals surface area contributed by atoms with Crippen LogP contribution >= 0.6 is 11.3 Å². The molecule has 0 fully saturated rings. The summed E-state index contributed by atoms with van der Waals surface area (Å²) in [5.41, 5.74) is 0.969. The Labute approximate surface area is 143 Å². The molecule has 6 nitrogen and oxygen atoms in total. The molecule has 0 spiro atoms. The molecule has 2 rings (SSSR count). The second kappa shape index (κ2) is 8.97. The van der Waals surface area contributed by atoms with E-state index in [-0.39, 0.29) is 31.3 Å². The smallest absolute Gasteiger partial charge is 0.407 e. The first kappa shape index (κ1) is 17.9. The van der Waals surface area contributed by atoms with E-state index in [0.717, 1.165) is 10.4 Å². The van der Waals surface area contributed by atoms with Crippen molar-refractivity contribution in [3.63, 3.8) is 0 Å². The highest BCUT2D eigenvalue weighted by Gasteiger charge is 2.08. The van der Waals surface area contributed by atoms with Gasteiger partial charge in [-0.3, -0.25) is 4.79 Å². The van der Waals surface area contributed by atoms with Gasteiger partial charge in [-0.05, 0) is 24.6 Å². The van der Waals surface area contributed by atoms with E-state index in [9.17, 15) is 14.0 Å². The number of hydrogen-bond donors (Lipinski definition) is 2. The number of alkyl carbamates (subject to hydrolysis) is 1. The Morgan fingerprint density at radius 3 is 2.75 bits per heavy atom. The average molecular weight is 351 g/mol. The maximum absolute atomic E-state index is 12.9. The number of halogens is 1. The molecule has 24 heavy (non-hydrogen) atoms. The molecule has 1 aromatic carbocycles. The van der Waals surface area contributed by atoms with Crippen LogP contribution in [0.25, 0.3) is 0 Å². The van der Waals surface area contributed by atoms with Gasteiger partial charge in [0.25, 0.3) is 0 Å². The molecule has 0 bridgehead atoms. The highest BCUT2D eigenvalue weighted by atomic mass is 32.1. The van der Waals surface area contributed by atoms with E-state index in [4.69, 9.17) is 4.74 Å². The summed E-state index contributed by atoms with van der Waals surface area (Å²) in [6.45, 7) is 2.19. The van der Waals surface area contributed by atoms with Crippen molar-refractivity contribution in [2.75, 3.05) is 18.5 Å². The number of benzene rings is 1. The summed E-state index contributed by atoms with van der Waals surface area (Å²) < 4.78 is 17.6. The van der Waals surface area contributed by atoms with Crippen LogP contribution in [0.15, 0.2) is 30.5 Å². The fraction of sp³-hybridized carbons (Fsp3) is 0.312. The first-order valence-corrected chi connectivity index (χ1v) is 8.28. The number of amides is 2. The largest absolute Gasteiger partial charge is 0.450 e. The quantitative estimate of drug-likeness (QED) is 0.804.